The number of benzene rings is 1. The van der Waals surface area contributed by atoms with Gasteiger partial charge in [0.25, 0.3) is 5.69 Å². The third kappa shape index (κ3) is 1.93. The summed E-state index contributed by atoms with van der Waals surface area (Å²) in [6, 6.07) is 4.42. The molecule has 2 atom stereocenters. The van der Waals surface area contributed by atoms with Crippen LogP contribution in [-0.4, -0.2) is 23.5 Å². The monoisotopic (exact) mass is 270 g/mol. The molecule has 96 valence electrons. The lowest BCUT2D eigenvalue weighted by atomic mass is 10.1. The van der Waals surface area contributed by atoms with Gasteiger partial charge in [-0.25, -0.2) is 0 Å². The van der Waals surface area contributed by atoms with Crippen LogP contribution in [0.3, 0.4) is 0 Å². The molecule has 2 N–H and O–H groups in total. The molecule has 7 heteroatoms. The van der Waals surface area contributed by atoms with Gasteiger partial charge < -0.3 is 10.5 Å². The normalized spacial score (nSPS) is 25.6. The van der Waals surface area contributed by atoms with Crippen LogP contribution in [-0.2, 0) is 9.53 Å². The Morgan fingerprint density at radius 3 is 2.89 bits per heavy atom. The molecule has 0 spiro atoms. The maximum atomic E-state index is 11.5. The van der Waals surface area contributed by atoms with Gasteiger partial charge in [0.2, 0.25) is 0 Å². The first-order valence-corrected chi connectivity index (χ1v) is 5.59. The molecule has 1 fully saturated rings. The fraction of sp³-hybridized carbons (Fsp3) is 0.364. The van der Waals surface area contributed by atoms with Gasteiger partial charge in [0.1, 0.15) is 10.6 Å². The molecule has 0 bridgehead atoms. The van der Waals surface area contributed by atoms with Crippen molar-refractivity contribution in [1.29, 1.82) is 0 Å². The predicted molar refractivity (Wildman–Crippen MR) is 64.4 cm³/mol. The summed E-state index contributed by atoms with van der Waals surface area (Å²) in [5, 5.41) is 10.8. The van der Waals surface area contributed by atoms with E-state index in [0.717, 1.165) is 0 Å². The van der Waals surface area contributed by atoms with Gasteiger partial charge in [0.15, 0.2) is 0 Å². The average molecular weight is 271 g/mol. The molecule has 2 rings (SSSR count). The maximum Gasteiger partial charge on any atom is 0.326 e. The number of esters is 1. The lowest BCUT2D eigenvalue weighted by Crippen LogP contribution is -2.35. The molecule has 1 aliphatic carbocycles. The highest BCUT2D eigenvalue weighted by molar-refractivity contribution is 6.32. The SMILES string of the molecule is COC(=O)C1(N)CC1c1ccc(Cl)c([N+](=O)[O-])c1. The number of nitrogens with zero attached hydrogens (tertiary/aromatic N) is 1. The molecule has 1 saturated carbocycles. The van der Waals surface area contributed by atoms with Gasteiger partial charge in [-0.2, -0.15) is 0 Å². The molecule has 18 heavy (non-hydrogen) atoms. The van der Waals surface area contributed by atoms with Crippen molar-refractivity contribution < 1.29 is 14.5 Å². The highest BCUT2D eigenvalue weighted by Crippen LogP contribution is 2.51. The molecular formula is C11H11ClN2O4. The fourth-order valence-electron chi connectivity index (χ4n) is 2.00. The highest BCUT2D eigenvalue weighted by atomic mass is 35.5. The van der Waals surface area contributed by atoms with Gasteiger partial charge in [0.05, 0.1) is 12.0 Å². The summed E-state index contributed by atoms with van der Waals surface area (Å²) in [5.74, 6) is -0.772. The minimum absolute atomic E-state index is 0.0603. The molecule has 0 amide bonds. The van der Waals surface area contributed by atoms with Crippen LogP contribution in [0.1, 0.15) is 17.9 Å². The molecular weight excluding hydrogens is 260 g/mol. The van der Waals surface area contributed by atoms with E-state index in [2.05, 4.69) is 4.74 Å². The zero-order valence-electron chi connectivity index (χ0n) is 9.55. The molecule has 1 aromatic rings. The van der Waals surface area contributed by atoms with E-state index in [1.807, 2.05) is 0 Å². The molecule has 0 aliphatic heterocycles. The van der Waals surface area contributed by atoms with Gasteiger partial charge in [-0.1, -0.05) is 17.7 Å². The van der Waals surface area contributed by atoms with Crippen LogP contribution >= 0.6 is 11.6 Å². The Hall–Kier alpha value is -1.66. The average Bonchev–Trinajstić information content (AvgIpc) is 3.02. The number of carbonyl (C=O) groups excluding carboxylic acids is 1. The second kappa shape index (κ2) is 4.22. The first kappa shape index (κ1) is 12.8. The Balaban J connectivity index is 2.30. The second-order valence-electron chi connectivity index (χ2n) is 4.26. The quantitative estimate of drug-likeness (QED) is 0.511. The van der Waals surface area contributed by atoms with Crippen molar-refractivity contribution in [3.8, 4) is 0 Å². The number of halogens is 1. The summed E-state index contributed by atoms with van der Waals surface area (Å²) in [6.45, 7) is 0. The zero-order chi connectivity index (χ0) is 13.5. The Labute approximate surface area is 108 Å². The molecule has 0 heterocycles. The Morgan fingerprint density at radius 2 is 2.33 bits per heavy atom. The van der Waals surface area contributed by atoms with Gasteiger partial charge in [-0.15, -0.1) is 0 Å². The molecule has 0 saturated heterocycles. The summed E-state index contributed by atoms with van der Waals surface area (Å²) in [7, 11) is 1.26. The van der Waals surface area contributed by atoms with Crippen LogP contribution in [0, 0.1) is 10.1 Å². The van der Waals surface area contributed by atoms with Crippen LogP contribution in [0.4, 0.5) is 5.69 Å². The summed E-state index contributed by atoms with van der Waals surface area (Å²) in [4.78, 5) is 21.7. The smallest absolute Gasteiger partial charge is 0.326 e. The van der Waals surface area contributed by atoms with E-state index in [1.165, 1.54) is 19.2 Å². The summed E-state index contributed by atoms with van der Waals surface area (Å²) < 4.78 is 4.61. The van der Waals surface area contributed by atoms with Gasteiger partial charge in [0, 0.05) is 12.0 Å². The molecule has 1 aliphatic rings. The Kier molecular flexibility index (Phi) is 3.00. The van der Waals surface area contributed by atoms with Crippen LogP contribution in [0.2, 0.25) is 5.02 Å². The van der Waals surface area contributed by atoms with Crippen molar-refractivity contribution in [2.24, 2.45) is 5.73 Å². The number of carbonyl (C=O) groups is 1. The number of nitro benzene ring substituents is 1. The largest absolute Gasteiger partial charge is 0.468 e. The van der Waals surface area contributed by atoms with Crippen LogP contribution in [0.25, 0.3) is 0 Å². The molecule has 1 aromatic carbocycles. The number of hydrogen-bond acceptors (Lipinski definition) is 5. The number of nitrogens with two attached hydrogens (primary N) is 1. The van der Waals surface area contributed by atoms with E-state index in [4.69, 9.17) is 17.3 Å². The number of methoxy groups -OCH3 is 1. The van der Waals surface area contributed by atoms with E-state index in [-0.39, 0.29) is 16.6 Å². The number of hydrogen-bond donors (Lipinski definition) is 1. The standard InChI is InChI=1S/C11H11ClN2O4/c1-18-10(15)11(13)5-7(11)6-2-3-8(12)9(4-6)14(16)17/h2-4,7H,5,13H2,1H3. The Morgan fingerprint density at radius 1 is 1.67 bits per heavy atom. The van der Waals surface area contributed by atoms with Gasteiger partial charge >= 0.3 is 5.97 Å². The van der Waals surface area contributed by atoms with E-state index in [9.17, 15) is 14.9 Å². The number of rotatable bonds is 3. The fourth-order valence-corrected chi connectivity index (χ4v) is 2.18. The summed E-state index contributed by atoms with van der Waals surface area (Å²) in [6.07, 6.45) is 0.415. The third-order valence-electron chi connectivity index (χ3n) is 3.14. The predicted octanol–water partition coefficient (Wildman–Crippen LogP) is 1.61. The van der Waals surface area contributed by atoms with E-state index < -0.39 is 16.4 Å². The lowest BCUT2D eigenvalue weighted by Gasteiger charge is -2.08. The maximum absolute atomic E-state index is 11.5. The highest BCUT2D eigenvalue weighted by Gasteiger charge is 2.59. The van der Waals surface area contributed by atoms with Crippen LogP contribution < -0.4 is 5.73 Å². The Bertz CT molecular complexity index is 534. The lowest BCUT2D eigenvalue weighted by molar-refractivity contribution is -0.384. The molecule has 6 nitrogen and oxygen atoms in total. The van der Waals surface area contributed by atoms with E-state index in [1.54, 1.807) is 6.07 Å². The second-order valence-corrected chi connectivity index (χ2v) is 4.66. The van der Waals surface area contributed by atoms with Crippen molar-refractivity contribution in [3.05, 3.63) is 38.9 Å². The van der Waals surface area contributed by atoms with Crippen LogP contribution in [0.5, 0.6) is 0 Å². The minimum Gasteiger partial charge on any atom is -0.468 e. The van der Waals surface area contributed by atoms with E-state index in [0.29, 0.717) is 12.0 Å². The first-order valence-electron chi connectivity index (χ1n) is 5.21. The van der Waals surface area contributed by atoms with Crippen molar-refractivity contribution in [1.82, 2.24) is 0 Å². The number of ether oxygens (including phenoxy) is 1. The molecule has 0 aromatic heterocycles. The number of nitro groups is 1. The van der Waals surface area contributed by atoms with Crippen molar-refractivity contribution in [2.75, 3.05) is 7.11 Å². The van der Waals surface area contributed by atoms with Gasteiger partial charge in [-0.05, 0) is 18.1 Å². The topological polar surface area (TPSA) is 95.5 Å². The van der Waals surface area contributed by atoms with Crippen molar-refractivity contribution in [2.45, 2.75) is 17.9 Å². The zero-order valence-corrected chi connectivity index (χ0v) is 10.3. The van der Waals surface area contributed by atoms with Gasteiger partial charge in [-0.3, -0.25) is 14.9 Å². The molecule has 0 radical (unpaired) electrons. The van der Waals surface area contributed by atoms with Crippen molar-refractivity contribution in [3.63, 3.8) is 0 Å². The van der Waals surface area contributed by atoms with Crippen LogP contribution in [0.15, 0.2) is 18.2 Å². The summed E-state index contributed by atoms with van der Waals surface area (Å²) in [5.41, 5.74) is 5.23. The first-order chi connectivity index (χ1) is 8.40. The molecule has 2 unspecified atom stereocenters. The minimum atomic E-state index is -1.07. The van der Waals surface area contributed by atoms with E-state index >= 15 is 0 Å². The van der Waals surface area contributed by atoms with Crippen molar-refractivity contribution >= 4 is 23.3 Å². The summed E-state index contributed by atoms with van der Waals surface area (Å²) >= 11 is 5.71. The third-order valence-corrected chi connectivity index (χ3v) is 3.46.